The highest BCUT2D eigenvalue weighted by Crippen LogP contribution is 2.43. The highest BCUT2D eigenvalue weighted by Gasteiger charge is 2.51. The summed E-state index contributed by atoms with van der Waals surface area (Å²) in [4.78, 5) is 51.4. The number of esters is 1. The minimum absolute atomic E-state index is 0.105. The van der Waals surface area contributed by atoms with Gasteiger partial charge in [0.25, 0.3) is 0 Å². The molecular formula is C19H23N3O6. The molecule has 2 heterocycles. The van der Waals surface area contributed by atoms with Gasteiger partial charge in [-0.2, -0.15) is 0 Å². The van der Waals surface area contributed by atoms with Crippen LogP contribution in [0.5, 0.6) is 0 Å². The van der Waals surface area contributed by atoms with Crippen molar-refractivity contribution in [3.8, 4) is 0 Å². The number of piperazine rings is 1. The van der Waals surface area contributed by atoms with Crippen molar-refractivity contribution in [1.82, 2.24) is 9.80 Å². The Labute approximate surface area is 162 Å². The Morgan fingerprint density at radius 3 is 2.54 bits per heavy atom. The molecule has 0 radical (unpaired) electrons. The van der Waals surface area contributed by atoms with Gasteiger partial charge in [0.2, 0.25) is 17.7 Å². The fourth-order valence-corrected chi connectivity index (χ4v) is 3.98. The van der Waals surface area contributed by atoms with Gasteiger partial charge in [-0.25, -0.2) is 0 Å². The van der Waals surface area contributed by atoms with E-state index in [1.54, 1.807) is 4.90 Å². The fraction of sp³-hybridized carbons (Fsp3) is 0.474. The summed E-state index contributed by atoms with van der Waals surface area (Å²) in [6.07, 6.45) is 0.407. The molecule has 0 unspecified atom stereocenters. The number of methoxy groups -OCH3 is 1. The van der Waals surface area contributed by atoms with E-state index in [9.17, 15) is 19.2 Å². The van der Waals surface area contributed by atoms with E-state index in [1.807, 2.05) is 30.3 Å². The molecular weight excluding hydrogens is 366 g/mol. The molecule has 150 valence electrons. The van der Waals surface area contributed by atoms with E-state index in [2.05, 4.69) is 0 Å². The Balaban J connectivity index is 1.77. The number of primary amides is 1. The van der Waals surface area contributed by atoms with E-state index in [4.69, 9.17) is 15.2 Å². The van der Waals surface area contributed by atoms with E-state index in [0.29, 0.717) is 13.0 Å². The molecule has 2 saturated heterocycles. The third kappa shape index (κ3) is 3.99. The Morgan fingerprint density at radius 1 is 1.18 bits per heavy atom. The fourth-order valence-electron chi connectivity index (χ4n) is 3.98. The molecule has 2 aliphatic rings. The molecule has 2 fully saturated rings. The van der Waals surface area contributed by atoms with Crippen LogP contribution in [0.25, 0.3) is 0 Å². The lowest BCUT2D eigenvalue weighted by molar-refractivity contribution is -0.153. The molecule has 1 aromatic rings. The third-order valence-corrected chi connectivity index (χ3v) is 5.11. The highest BCUT2D eigenvalue weighted by molar-refractivity contribution is 5.88. The zero-order chi connectivity index (χ0) is 20.3. The van der Waals surface area contributed by atoms with Crippen molar-refractivity contribution in [3.63, 3.8) is 0 Å². The predicted molar refractivity (Wildman–Crippen MR) is 96.5 cm³/mol. The molecule has 2 N–H and O–H groups in total. The maximum atomic E-state index is 12.9. The van der Waals surface area contributed by atoms with Gasteiger partial charge in [-0.15, -0.1) is 0 Å². The normalized spacial score (nSPS) is 24.0. The first-order valence-electron chi connectivity index (χ1n) is 9.00. The van der Waals surface area contributed by atoms with Gasteiger partial charge in [-0.05, 0) is 12.0 Å². The third-order valence-electron chi connectivity index (χ3n) is 5.11. The molecule has 3 amide bonds. The molecule has 2 aliphatic heterocycles. The van der Waals surface area contributed by atoms with Crippen molar-refractivity contribution in [2.75, 3.05) is 33.4 Å². The molecule has 3 rings (SSSR count). The Bertz CT molecular complexity index is 768. The number of carbonyl (C=O) groups excluding carboxylic acids is 4. The van der Waals surface area contributed by atoms with E-state index in [-0.39, 0.29) is 37.7 Å². The molecule has 0 aliphatic carbocycles. The van der Waals surface area contributed by atoms with Crippen molar-refractivity contribution in [1.29, 1.82) is 0 Å². The minimum atomic E-state index is -0.670. The number of fused-ring (bicyclic) bond motifs is 1. The molecule has 9 heteroatoms. The molecule has 9 nitrogen and oxygen atoms in total. The maximum Gasteiger partial charge on any atom is 0.311 e. The Hall–Kier alpha value is -2.94. The summed E-state index contributed by atoms with van der Waals surface area (Å²) in [5, 5.41) is 0. The van der Waals surface area contributed by atoms with Gasteiger partial charge in [-0.3, -0.25) is 19.2 Å². The van der Waals surface area contributed by atoms with Crippen LogP contribution in [-0.2, 0) is 28.7 Å². The predicted octanol–water partition coefficient (Wildman–Crippen LogP) is -0.538. The second-order valence-corrected chi connectivity index (χ2v) is 6.91. The van der Waals surface area contributed by atoms with Crippen molar-refractivity contribution >= 4 is 23.7 Å². The van der Waals surface area contributed by atoms with Crippen LogP contribution in [0, 0.1) is 5.92 Å². The summed E-state index contributed by atoms with van der Waals surface area (Å²) in [6, 6.07) is 8.63. The summed E-state index contributed by atoms with van der Waals surface area (Å²) in [6.45, 7) is -0.497. The van der Waals surface area contributed by atoms with Gasteiger partial charge in [0, 0.05) is 6.54 Å². The average molecular weight is 389 g/mol. The highest BCUT2D eigenvalue weighted by atomic mass is 16.5. The average Bonchev–Trinajstić information content (AvgIpc) is 3.07. The molecule has 0 saturated carbocycles. The zero-order valence-electron chi connectivity index (χ0n) is 15.6. The topological polar surface area (TPSA) is 119 Å². The van der Waals surface area contributed by atoms with Crippen LogP contribution in [0.4, 0.5) is 0 Å². The van der Waals surface area contributed by atoms with Crippen LogP contribution in [0.3, 0.4) is 0 Å². The summed E-state index contributed by atoms with van der Waals surface area (Å²) in [5.74, 6) is -2.18. The van der Waals surface area contributed by atoms with E-state index in [1.165, 1.54) is 12.0 Å². The summed E-state index contributed by atoms with van der Waals surface area (Å²) >= 11 is 0. The smallest absolute Gasteiger partial charge is 0.311 e. The molecule has 0 aromatic heterocycles. The van der Waals surface area contributed by atoms with Gasteiger partial charge in [0.1, 0.15) is 13.2 Å². The summed E-state index contributed by atoms with van der Waals surface area (Å²) < 4.78 is 9.91. The first kappa shape index (κ1) is 19.8. The number of ether oxygens (including phenoxy) is 2. The van der Waals surface area contributed by atoms with Gasteiger partial charge >= 0.3 is 5.97 Å². The standard InChI is InChI=1S/C19H23N3O6/c1-27-19(26)14-7-13-8-21(17(25)11-28-10-15(20)23)9-16(24)22(13)18(14)12-5-3-2-4-6-12/h2-6,13-14,18H,7-11H2,1H3,(H2,20,23)/t13-,14-,18-/m0/s1. The van der Waals surface area contributed by atoms with Crippen LogP contribution < -0.4 is 5.73 Å². The summed E-state index contributed by atoms with van der Waals surface area (Å²) in [5.41, 5.74) is 5.84. The first-order valence-corrected chi connectivity index (χ1v) is 9.00. The van der Waals surface area contributed by atoms with Crippen LogP contribution in [0.15, 0.2) is 30.3 Å². The molecule has 0 spiro atoms. The number of benzene rings is 1. The number of carbonyl (C=O) groups is 4. The summed E-state index contributed by atoms with van der Waals surface area (Å²) in [7, 11) is 1.33. The molecule has 3 atom stereocenters. The van der Waals surface area contributed by atoms with Crippen molar-refractivity contribution in [2.24, 2.45) is 11.7 Å². The number of hydrogen-bond acceptors (Lipinski definition) is 6. The number of amides is 3. The molecule has 0 bridgehead atoms. The van der Waals surface area contributed by atoms with Crippen LogP contribution in [0.1, 0.15) is 18.0 Å². The molecule has 28 heavy (non-hydrogen) atoms. The monoisotopic (exact) mass is 389 g/mol. The van der Waals surface area contributed by atoms with E-state index in [0.717, 1.165) is 5.56 Å². The van der Waals surface area contributed by atoms with Gasteiger partial charge in [0.15, 0.2) is 0 Å². The van der Waals surface area contributed by atoms with Crippen molar-refractivity contribution in [3.05, 3.63) is 35.9 Å². The van der Waals surface area contributed by atoms with Crippen LogP contribution in [-0.4, -0.2) is 72.9 Å². The van der Waals surface area contributed by atoms with E-state index >= 15 is 0 Å². The number of nitrogens with zero attached hydrogens (tertiary/aromatic N) is 2. The van der Waals surface area contributed by atoms with Gasteiger partial charge in [-0.1, -0.05) is 30.3 Å². The van der Waals surface area contributed by atoms with Crippen molar-refractivity contribution in [2.45, 2.75) is 18.5 Å². The second kappa shape index (κ2) is 8.39. The SMILES string of the molecule is COC(=O)[C@H]1C[C@H]2CN(C(=O)COCC(N)=O)CC(=O)N2[C@H]1c1ccccc1. The number of nitrogens with two attached hydrogens (primary N) is 1. The van der Waals surface area contributed by atoms with E-state index < -0.39 is 23.8 Å². The van der Waals surface area contributed by atoms with Crippen LogP contribution >= 0.6 is 0 Å². The Kier molecular flexibility index (Phi) is 5.93. The lowest BCUT2D eigenvalue weighted by Crippen LogP contribution is -2.56. The van der Waals surface area contributed by atoms with Crippen molar-refractivity contribution < 1.29 is 28.7 Å². The lowest BCUT2D eigenvalue weighted by atomic mass is 9.93. The number of hydrogen-bond donors (Lipinski definition) is 1. The van der Waals surface area contributed by atoms with Gasteiger partial charge < -0.3 is 25.0 Å². The maximum absolute atomic E-state index is 12.9. The Morgan fingerprint density at radius 2 is 1.89 bits per heavy atom. The second-order valence-electron chi connectivity index (χ2n) is 6.91. The first-order chi connectivity index (χ1) is 13.4. The molecule has 1 aromatic carbocycles. The zero-order valence-corrected chi connectivity index (χ0v) is 15.6. The minimum Gasteiger partial charge on any atom is -0.469 e. The largest absolute Gasteiger partial charge is 0.469 e. The van der Waals surface area contributed by atoms with Gasteiger partial charge in [0.05, 0.1) is 31.7 Å². The van der Waals surface area contributed by atoms with Crippen LogP contribution in [0.2, 0.25) is 0 Å². The lowest BCUT2D eigenvalue weighted by Gasteiger charge is -2.40. The quantitative estimate of drug-likeness (QED) is 0.653. The number of rotatable bonds is 6.